The molecule has 0 atom stereocenters. The zero-order valence-electron chi connectivity index (χ0n) is 13.1. The van der Waals surface area contributed by atoms with Crippen LogP contribution < -0.4 is 0 Å². The number of rotatable bonds is 6. The van der Waals surface area contributed by atoms with Gasteiger partial charge in [-0.25, -0.2) is 0 Å². The first kappa shape index (κ1) is 15.3. The Kier molecular flexibility index (Phi) is 6.29. The fourth-order valence-corrected chi connectivity index (χ4v) is 3.40. The van der Waals surface area contributed by atoms with Gasteiger partial charge in [0.2, 0.25) is 0 Å². The zero-order chi connectivity index (χ0) is 14.2. The highest BCUT2D eigenvalue weighted by atomic mass is 14.7. The van der Waals surface area contributed by atoms with Gasteiger partial charge in [0.25, 0.3) is 0 Å². The van der Waals surface area contributed by atoms with Crippen LogP contribution in [0.2, 0.25) is 0 Å². The molecule has 1 fully saturated rings. The van der Waals surface area contributed by atoms with Crippen LogP contribution in [0.3, 0.4) is 0 Å². The smallest absolute Gasteiger partial charge is 0.0434 e. The second kappa shape index (κ2) is 8.24. The standard InChI is InChI=1S/C19H29N/c1-3-5-6-8-17-11-14-19(20-15-17)18-12-9-16(7-4-2)10-13-18/h3,5,11,14-16,18H,4,6-10,12-13H2,1-2H3/b5-3+. The van der Waals surface area contributed by atoms with E-state index in [4.69, 9.17) is 4.98 Å². The van der Waals surface area contributed by atoms with Gasteiger partial charge in [-0.15, -0.1) is 0 Å². The van der Waals surface area contributed by atoms with Crippen LogP contribution in [0.5, 0.6) is 0 Å². The molecule has 1 saturated carbocycles. The van der Waals surface area contributed by atoms with Gasteiger partial charge in [0.1, 0.15) is 0 Å². The Labute approximate surface area is 124 Å². The van der Waals surface area contributed by atoms with Crippen molar-refractivity contribution in [2.75, 3.05) is 0 Å². The minimum atomic E-state index is 0.715. The molecule has 110 valence electrons. The van der Waals surface area contributed by atoms with Gasteiger partial charge in [-0.1, -0.05) is 38.0 Å². The van der Waals surface area contributed by atoms with Gasteiger partial charge in [0.15, 0.2) is 0 Å². The number of allylic oxidation sites excluding steroid dienone is 2. The van der Waals surface area contributed by atoms with Gasteiger partial charge in [-0.05, 0) is 63.0 Å². The van der Waals surface area contributed by atoms with Crippen LogP contribution in [0.25, 0.3) is 0 Å². The zero-order valence-corrected chi connectivity index (χ0v) is 13.1. The van der Waals surface area contributed by atoms with Crippen molar-refractivity contribution in [3.63, 3.8) is 0 Å². The number of hydrogen-bond acceptors (Lipinski definition) is 1. The average Bonchev–Trinajstić information content (AvgIpc) is 2.49. The lowest BCUT2D eigenvalue weighted by atomic mass is 9.78. The summed E-state index contributed by atoms with van der Waals surface area (Å²) >= 11 is 0. The van der Waals surface area contributed by atoms with E-state index >= 15 is 0 Å². The summed E-state index contributed by atoms with van der Waals surface area (Å²) < 4.78 is 0. The molecule has 1 aliphatic carbocycles. The van der Waals surface area contributed by atoms with Crippen LogP contribution in [0.15, 0.2) is 30.5 Å². The summed E-state index contributed by atoms with van der Waals surface area (Å²) in [5, 5.41) is 0. The summed E-state index contributed by atoms with van der Waals surface area (Å²) in [6.07, 6.45) is 16.9. The van der Waals surface area contributed by atoms with Gasteiger partial charge in [0, 0.05) is 17.8 Å². The quantitative estimate of drug-likeness (QED) is 0.608. The highest BCUT2D eigenvalue weighted by Crippen LogP contribution is 2.36. The van der Waals surface area contributed by atoms with Crippen molar-refractivity contribution in [3.8, 4) is 0 Å². The Balaban J connectivity index is 1.84. The van der Waals surface area contributed by atoms with E-state index in [1.165, 1.54) is 49.8 Å². The molecule has 0 N–H and O–H groups in total. The van der Waals surface area contributed by atoms with E-state index in [1.807, 2.05) is 0 Å². The predicted molar refractivity (Wildman–Crippen MR) is 87.0 cm³/mol. The van der Waals surface area contributed by atoms with Crippen LogP contribution in [-0.2, 0) is 6.42 Å². The Morgan fingerprint density at radius 1 is 1.20 bits per heavy atom. The van der Waals surface area contributed by atoms with Crippen molar-refractivity contribution in [1.82, 2.24) is 4.98 Å². The summed E-state index contributed by atoms with van der Waals surface area (Å²) in [4.78, 5) is 4.73. The first-order chi connectivity index (χ1) is 9.83. The molecule has 0 bridgehead atoms. The number of nitrogens with zero attached hydrogens (tertiary/aromatic N) is 1. The molecule has 1 aromatic heterocycles. The van der Waals surface area contributed by atoms with Crippen LogP contribution >= 0.6 is 0 Å². The van der Waals surface area contributed by atoms with Crippen molar-refractivity contribution < 1.29 is 0 Å². The number of aromatic nitrogens is 1. The summed E-state index contributed by atoms with van der Waals surface area (Å²) in [5.41, 5.74) is 2.70. The number of pyridine rings is 1. The summed E-state index contributed by atoms with van der Waals surface area (Å²) in [6, 6.07) is 4.56. The van der Waals surface area contributed by atoms with E-state index in [9.17, 15) is 0 Å². The molecule has 1 aliphatic rings. The van der Waals surface area contributed by atoms with E-state index in [-0.39, 0.29) is 0 Å². The second-order valence-corrected chi connectivity index (χ2v) is 6.21. The Morgan fingerprint density at radius 3 is 2.60 bits per heavy atom. The minimum absolute atomic E-state index is 0.715. The van der Waals surface area contributed by atoms with Crippen LogP contribution in [0.4, 0.5) is 0 Å². The Hall–Kier alpha value is -1.11. The van der Waals surface area contributed by atoms with E-state index in [0.29, 0.717) is 5.92 Å². The molecule has 2 rings (SSSR count). The second-order valence-electron chi connectivity index (χ2n) is 6.21. The van der Waals surface area contributed by atoms with Crippen molar-refractivity contribution in [2.24, 2.45) is 5.92 Å². The lowest BCUT2D eigenvalue weighted by Gasteiger charge is -2.28. The molecule has 0 spiro atoms. The van der Waals surface area contributed by atoms with Crippen molar-refractivity contribution in [3.05, 3.63) is 41.7 Å². The lowest BCUT2D eigenvalue weighted by molar-refractivity contribution is 0.305. The van der Waals surface area contributed by atoms with Crippen molar-refractivity contribution in [1.29, 1.82) is 0 Å². The Bertz CT molecular complexity index is 396. The predicted octanol–water partition coefficient (Wildman–Crippen LogP) is 5.66. The molecular weight excluding hydrogens is 242 g/mol. The minimum Gasteiger partial charge on any atom is -0.261 e. The molecule has 1 aromatic rings. The first-order valence-corrected chi connectivity index (χ1v) is 8.39. The third-order valence-corrected chi connectivity index (χ3v) is 4.64. The molecule has 0 aromatic carbocycles. The summed E-state index contributed by atoms with van der Waals surface area (Å²) in [7, 11) is 0. The van der Waals surface area contributed by atoms with Gasteiger partial charge in [-0.2, -0.15) is 0 Å². The highest BCUT2D eigenvalue weighted by molar-refractivity contribution is 5.18. The van der Waals surface area contributed by atoms with Gasteiger partial charge >= 0.3 is 0 Å². The van der Waals surface area contributed by atoms with E-state index in [0.717, 1.165) is 18.8 Å². The van der Waals surface area contributed by atoms with Crippen LogP contribution in [-0.4, -0.2) is 4.98 Å². The maximum atomic E-state index is 4.73. The van der Waals surface area contributed by atoms with E-state index in [1.54, 1.807) is 0 Å². The van der Waals surface area contributed by atoms with E-state index < -0.39 is 0 Å². The number of aryl methyl sites for hydroxylation is 1. The normalized spacial score (nSPS) is 23.3. The molecule has 0 unspecified atom stereocenters. The fourth-order valence-electron chi connectivity index (χ4n) is 3.40. The summed E-state index contributed by atoms with van der Waals surface area (Å²) in [6.45, 7) is 4.39. The van der Waals surface area contributed by atoms with Gasteiger partial charge < -0.3 is 0 Å². The van der Waals surface area contributed by atoms with Crippen molar-refractivity contribution in [2.45, 2.75) is 71.1 Å². The fraction of sp³-hybridized carbons (Fsp3) is 0.632. The maximum Gasteiger partial charge on any atom is 0.0434 e. The molecule has 1 heterocycles. The van der Waals surface area contributed by atoms with Gasteiger partial charge in [0.05, 0.1) is 0 Å². The molecule has 0 radical (unpaired) electrons. The Morgan fingerprint density at radius 2 is 2.00 bits per heavy atom. The SMILES string of the molecule is C/C=C/CCc1ccc(C2CCC(CCC)CC2)nc1. The first-order valence-electron chi connectivity index (χ1n) is 8.39. The van der Waals surface area contributed by atoms with Crippen LogP contribution in [0.1, 0.15) is 76.0 Å². The maximum absolute atomic E-state index is 4.73. The lowest BCUT2D eigenvalue weighted by Crippen LogP contribution is -2.14. The largest absolute Gasteiger partial charge is 0.261 e. The molecular formula is C19H29N. The molecule has 1 heteroatoms. The topological polar surface area (TPSA) is 12.9 Å². The average molecular weight is 271 g/mol. The van der Waals surface area contributed by atoms with E-state index in [2.05, 4.69) is 44.3 Å². The number of hydrogen-bond donors (Lipinski definition) is 0. The van der Waals surface area contributed by atoms with Crippen LogP contribution in [0, 0.1) is 5.92 Å². The monoisotopic (exact) mass is 271 g/mol. The molecule has 20 heavy (non-hydrogen) atoms. The molecule has 0 amide bonds. The summed E-state index contributed by atoms with van der Waals surface area (Å²) in [5.74, 6) is 1.70. The van der Waals surface area contributed by atoms with Gasteiger partial charge in [-0.3, -0.25) is 4.98 Å². The molecule has 0 saturated heterocycles. The molecule has 1 nitrogen and oxygen atoms in total. The van der Waals surface area contributed by atoms with Crippen molar-refractivity contribution >= 4 is 0 Å². The molecule has 0 aliphatic heterocycles. The third-order valence-electron chi connectivity index (χ3n) is 4.64. The highest BCUT2D eigenvalue weighted by Gasteiger charge is 2.22. The third kappa shape index (κ3) is 4.47.